The highest BCUT2D eigenvalue weighted by Gasteiger charge is 2.63. The van der Waals surface area contributed by atoms with Gasteiger partial charge in [0, 0.05) is 28.9 Å². The van der Waals surface area contributed by atoms with E-state index >= 15 is 0 Å². The fraction of sp³-hybridized carbons (Fsp3) is 0.348. The molecule has 30 heavy (non-hydrogen) atoms. The first-order valence-corrected chi connectivity index (χ1v) is 10.1. The number of hydrogen-bond acceptors (Lipinski definition) is 5. The van der Waals surface area contributed by atoms with Gasteiger partial charge in [0.1, 0.15) is 11.9 Å². The van der Waals surface area contributed by atoms with Crippen molar-refractivity contribution < 1.29 is 23.9 Å². The molecule has 2 saturated carbocycles. The largest absolute Gasteiger partial charge is 0.497 e. The minimum absolute atomic E-state index is 0.0129. The van der Waals surface area contributed by atoms with Gasteiger partial charge in [-0.3, -0.25) is 14.4 Å². The first-order valence-electron chi connectivity index (χ1n) is 10.1. The SMILES string of the molecule is COc1cccc(NC(=O)c2ccc(NC(=O)[C@@H]3[C@H]4C[C@@H]5[C@@H]3C(=O)O[C@@H]5C4)cc2)c1. The Kier molecular flexibility index (Phi) is 4.46. The van der Waals surface area contributed by atoms with Crippen LogP contribution in [0.5, 0.6) is 5.75 Å². The van der Waals surface area contributed by atoms with E-state index in [-0.39, 0.29) is 47.6 Å². The molecule has 154 valence electrons. The van der Waals surface area contributed by atoms with Crippen LogP contribution in [-0.4, -0.2) is 31.0 Å². The Morgan fingerprint density at radius 1 is 1.03 bits per heavy atom. The van der Waals surface area contributed by atoms with Crippen molar-refractivity contribution in [2.45, 2.75) is 18.9 Å². The molecule has 7 heteroatoms. The Bertz CT molecular complexity index is 1020. The number of benzene rings is 2. The van der Waals surface area contributed by atoms with Crippen LogP contribution in [0.1, 0.15) is 23.2 Å². The standard InChI is InChI=1S/C23H22N2O5/c1-29-16-4-2-3-15(11-16)25-21(26)12-5-7-14(8-6-12)24-22(27)19-13-9-17-18(10-13)30-23(28)20(17)19/h2-8,11,13,17-20H,9-10H2,1H3,(H,24,27)(H,25,26)/t13-,17-,18+,19+,20-/m0/s1. The zero-order chi connectivity index (χ0) is 20.8. The molecular weight excluding hydrogens is 384 g/mol. The van der Waals surface area contributed by atoms with Crippen LogP contribution >= 0.6 is 0 Å². The highest BCUT2D eigenvalue weighted by Crippen LogP contribution is 2.57. The van der Waals surface area contributed by atoms with Gasteiger partial charge >= 0.3 is 5.97 Å². The molecule has 2 amide bonds. The number of nitrogens with one attached hydrogen (secondary N) is 2. The van der Waals surface area contributed by atoms with Gasteiger partial charge in [-0.25, -0.2) is 0 Å². The van der Waals surface area contributed by atoms with Crippen LogP contribution in [0.3, 0.4) is 0 Å². The predicted molar refractivity (Wildman–Crippen MR) is 109 cm³/mol. The Labute approximate surface area is 173 Å². The molecule has 1 saturated heterocycles. The third-order valence-electron chi connectivity index (χ3n) is 6.53. The van der Waals surface area contributed by atoms with Gasteiger partial charge in [-0.2, -0.15) is 0 Å². The van der Waals surface area contributed by atoms with Crippen LogP contribution in [0.25, 0.3) is 0 Å². The average molecular weight is 406 g/mol. The number of ether oxygens (including phenoxy) is 2. The van der Waals surface area contributed by atoms with Crippen molar-refractivity contribution in [1.29, 1.82) is 0 Å². The number of fused-ring (bicyclic) bond motifs is 1. The maximum Gasteiger partial charge on any atom is 0.310 e. The summed E-state index contributed by atoms with van der Waals surface area (Å²) in [5.74, 6) is -0.185. The molecule has 0 aromatic heterocycles. The second-order valence-electron chi connectivity index (χ2n) is 8.17. The van der Waals surface area contributed by atoms with Crippen LogP contribution in [-0.2, 0) is 14.3 Å². The lowest BCUT2D eigenvalue weighted by atomic mass is 9.79. The molecule has 2 aromatic rings. The second-order valence-corrected chi connectivity index (χ2v) is 8.17. The number of methoxy groups -OCH3 is 1. The van der Waals surface area contributed by atoms with E-state index < -0.39 is 0 Å². The molecule has 0 unspecified atom stereocenters. The fourth-order valence-corrected chi connectivity index (χ4v) is 5.20. The van der Waals surface area contributed by atoms with E-state index in [1.54, 1.807) is 55.6 Å². The van der Waals surface area contributed by atoms with Gasteiger partial charge in [-0.1, -0.05) is 6.07 Å². The van der Waals surface area contributed by atoms with Crippen molar-refractivity contribution in [3.8, 4) is 5.75 Å². The van der Waals surface area contributed by atoms with Gasteiger partial charge in [0.25, 0.3) is 5.91 Å². The number of rotatable bonds is 5. The van der Waals surface area contributed by atoms with E-state index in [1.165, 1.54) is 0 Å². The lowest BCUT2D eigenvalue weighted by Gasteiger charge is -2.23. The molecule has 3 fully saturated rings. The molecule has 3 aliphatic rings. The van der Waals surface area contributed by atoms with Crippen LogP contribution in [0.4, 0.5) is 11.4 Å². The average Bonchev–Trinajstić information content (AvgIpc) is 3.37. The van der Waals surface area contributed by atoms with E-state index in [0.717, 1.165) is 12.8 Å². The second kappa shape index (κ2) is 7.16. The molecule has 2 N–H and O–H groups in total. The zero-order valence-corrected chi connectivity index (χ0v) is 16.5. The Morgan fingerprint density at radius 2 is 1.83 bits per heavy atom. The molecule has 5 atom stereocenters. The summed E-state index contributed by atoms with van der Waals surface area (Å²) >= 11 is 0. The van der Waals surface area contributed by atoms with Gasteiger partial charge in [0.2, 0.25) is 5.91 Å². The van der Waals surface area contributed by atoms with Gasteiger partial charge in [0.15, 0.2) is 0 Å². The molecular formula is C23H22N2O5. The van der Waals surface area contributed by atoms with Crippen LogP contribution in [0.2, 0.25) is 0 Å². The summed E-state index contributed by atoms with van der Waals surface area (Å²) in [5.41, 5.74) is 1.70. The molecule has 0 radical (unpaired) electrons. The zero-order valence-electron chi connectivity index (χ0n) is 16.5. The normalized spacial score (nSPS) is 28.2. The monoisotopic (exact) mass is 406 g/mol. The van der Waals surface area contributed by atoms with Gasteiger partial charge in [-0.05, 0) is 55.2 Å². The van der Waals surface area contributed by atoms with Crippen molar-refractivity contribution in [2.75, 3.05) is 17.7 Å². The third-order valence-corrected chi connectivity index (χ3v) is 6.53. The molecule has 7 nitrogen and oxygen atoms in total. The van der Waals surface area contributed by atoms with Gasteiger partial charge in [-0.15, -0.1) is 0 Å². The number of carbonyl (C=O) groups is 3. The summed E-state index contributed by atoms with van der Waals surface area (Å²) in [6, 6.07) is 13.8. The lowest BCUT2D eigenvalue weighted by molar-refractivity contribution is -0.145. The molecule has 2 aliphatic carbocycles. The van der Waals surface area contributed by atoms with Gasteiger partial charge < -0.3 is 20.1 Å². The fourth-order valence-electron chi connectivity index (χ4n) is 5.20. The first-order chi connectivity index (χ1) is 14.5. The van der Waals surface area contributed by atoms with E-state index in [1.807, 2.05) is 0 Å². The first kappa shape index (κ1) is 18.7. The minimum atomic E-state index is -0.322. The molecule has 1 aliphatic heterocycles. The van der Waals surface area contributed by atoms with E-state index in [2.05, 4.69) is 10.6 Å². The summed E-state index contributed by atoms with van der Waals surface area (Å²) < 4.78 is 10.6. The third kappa shape index (κ3) is 3.10. The minimum Gasteiger partial charge on any atom is -0.497 e. The summed E-state index contributed by atoms with van der Waals surface area (Å²) in [6.07, 6.45) is 1.69. The summed E-state index contributed by atoms with van der Waals surface area (Å²) in [4.78, 5) is 37.4. The maximum absolute atomic E-state index is 12.8. The highest BCUT2D eigenvalue weighted by molar-refractivity contribution is 6.05. The van der Waals surface area contributed by atoms with E-state index in [9.17, 15) is 14.4 Å². The Balaban J connectivity index is 1.23. The summed E-state index contributed by atoms with van der Waals surface area (Å²) in [7, 11) is 1.57. The molecule has 2 aromatic carbocycles. The molecule has 0 spiro atoms. The number of esters is 1. The lowest BCUT2D eigenvalue weighted by Crippen LogP contribution is -2.35. The van der Waals surface area contributed by atoms with Crippen LogP contribution in [0, 0.1) is 23.7 Å². The summed E-state index contributed by atoms with van der Waals surface area (Å²) in [6.45, 7) is 0. The topological polar surface area (TPSA) is 93.7 Å². The smallest absolute Gasteiger partial charge is 0.310 e. The maximum atomic E-state index is 12.8. The number of hydrogen-bond donors (Lipinski definition) is 2. The van der Waals surface area contributed by atoms with E-state index in [4.69, 9.17) is 9.47 Å². The van der Waals surface area contributed by atoms with Crippen molar-refractivity contribution in [2.24, 2.45) is 23.7 Å². The van der Waals surface area contributed by atoms with Gasteiger partial charge in [0.05, 0.1) is 18.9 Å². The molecule has 2 bridgehead atoms. The Morgan fingerprint density at radius 3 is 2.60 bits per heavy atom. The van der Waals surface area contributed by atoms with Crippen LogP contribution in [0.15, 0.2) is 48.5 Å². The van der Waals surface area contributed by atoms with Crippen molar-refractivity contribution >= 4 is 29.2 Å². The number of carbonyl (C=O) groups excluding carboxylic acids is 3. The van der Waals surface area contributed by atoms with Crippen LogP contribution < -0.4 is 15.4 Å². The number of amides is 2. The molecule has 5 rings (SSSR count). The van der Waals surface area contributed by atoms with E-state index in [0.29, 0.717) is 22.7 Å². The quantitative estimate of drug-likeness (QED) is 0.745. The molecule has 1 heterocycles. The highest BCUT2D eigenvalue weighted by atomic mass is 16.6. The number of anilines is 2. The van der Waals surface area contributed by atoms with Crippen molar-refractivity contribution in [1.82, 2.24) is 0 Å². The van der Waals surface area contributed by atoms with Crippen molar-refractivity contribution in [3.05, 3.63) is 54.1 Å². The summed E-state index contributed by atoms with van der Waals surface area (Å²) in [5, 5.41) is 5.73. The Hall–Kier alpha value is -3.35. The predicted octanol–water partition coefficient (Wildman–Crippen LogP) is 3.08. The van der Waals surface area contributed by atoms with Crippen molar-refractivity contribution in [3.63, 3.8) is 0 Å².